The van der Waals surface area contributed by atoms with Crippen molar-refractivity contribution < 1.29 is 28.5 Å². The van der Waals surface area contributed by atoms with E-state index in [1.807, 2.05) is 0 Å². The Kier molecular flexibility index (Phi) is 6.99. The quantitative estimate of drug-likeness (QED) is 0.696. The Morgan fingerprint density at radius 1 is 0.815 bits per heavy atom. The number of anilines is 2. The molecule has 0 aromatic heterocycles. The molecule has 0 fully saturated rings. The highest BCUT2D eigenvalue weighted by Crippen LogP contribution is 2.39. The molecule has 0 spiro atoms. The van der Waals surface area contributed by atoms with Crippen molar-refractivity contribution >= 4 is 17.3 Å². The fourth-order valence-corrected chi connectivity index (χ4v) is 2.48. The lowest BCUT2D eigenvalue weighted by molar-refractivity contribution is -0.114. The van der Waals surface area contributed by atoms with Gasteiger partial charge in [0.15, 0.2) is 11.5 Å². The molecule has 0 heterocycles. The van der Waals surface area contributed by atoms with Gasteiger partial charge in [-0.05, 0) is 12.1 Å². The molecule has 0 aliphatic rings. The standard InChI is InChI=1S/C19H24N2O6/c1-23-13-6-7-14(15(10-13)24-2)20-11-18(22)21-12-8-16(25-3)19(27-5)17(9-12)26-4/h6-10,20H,11H2,1-5H3,(H,21,22). The van der Waals surface area contributed by atoms with E-state index >= 15 is 0 Å². The second-order valence-electron chi connectivity index (χ2n) is 5.38. The van der Waals surface area contributed by atoms with E-state index in [0.717, 1.165) is 0 Å². The number of carbonyl (C=O) groups excluding carboxylic acids is 1. The molecule has 0 aliphatic heterocycles. The van der Waals surface area contributed by atoms with E-state index in [-0.39, 0.29) is 12.5 Å². The first-order valence-corrected chi connectivity index (χ1v) is 8.12. The average Bonchev–Trinajstić information content (AvgIpc) is 2.71. The van der Waals surface area contributed by atoms with Crippen LogP contribution in [0.2, 0.25) is 0 Å². The minimum atomic E-state index is -0.248. The molecule has 0 atom stereocenters. The summed E-state index contributed by atoms with van der Waals surface area (Å²) in [5.74, 6) is 2.37. The van der Waals surface area contributed by atoms with Crippen molar-refractivity contribution in [1.82, 2.24) is 0 Å². The van der Waals surface area contributed by atoms with Crippen LogP contribution in [0.3, 0.4) is 0 Å². The molecule has 8 nitrogen and oxygen atoms in total. The summed E-state index contributed by atoms with van der Waals surface area (Å²) in [5.41, 5.74) is 1.20. The summed E-state index contributed by atoms with van der Waals surface area (Å²) in [5, 5.41) is 5.83. The van der Waals surface area contributed by atoms with Gasteiger partial charge < -0.3 is 34.3 Å². The van der Waals surface area contributed by atoms with E-state index in [1.165, 1.54) is 21.3 Å². The summed E-state index contributed by atoms with van der Waals surface area (Å²) in [4.78, 5) is 12.3. The van der Waals surface area contributed by atoms with Crippen molar-refractivity contribution in [2.75, 3.05) is 52.7 Å². The summed E-state index contributed by atoms with van der Waals surface area (Å²) in [6.07, 6.45) is 0. The van der Waals surface area contributed by atoms with Gasteiger partial charge in [0, 0.05) is 23.9 Å². The maximum absolute atomic E-state index is 12.3. The highest BCUT2D eigenvalue weighted by atomic mass is 16.5. The van der Waals surface area contributed by atoms with Crippen molar-refractivity contribution in [2.24, 2.45) is 0 Å². The van der Waals surface area contributed by atoms with E-state index < -0.39 is 0 Å². The van der Waals surface area contributed by atoms with Crippen molar-refractivity contribution in [2.45, 2.75) is 0 Å². The largest absolute Gasteiger partial charge is 0.497 e. The molecule has 0 bridgehead atoms. The van der Waals surface area contributed by atoms with Gasteiger partial charge >= 0.3 is 0 Å². The molecule has 0 radical (unpaired) electrons. The SMILES string of the molecule is COc1ccc(NCC(=O)Nc2cc(OC)c(OC)c(OC)c2)c(OC)c1. The summed E-state index contributed by atoms with van der Waals surface area (Å²) in [7, 11) is 7.67. The number of hydrogen-bond donors (Lipinski definition) is 2. The van der Waals surface area contributed by atoms with Crippen LogP contribution < -0.4 is 34.3 Å². The Hall–Kier alpha value is -3.29. The predicted octanol–water partition coefficient (Wildman–Crippen LogP) is 2.78. The molecule has 2 aromatic carbocycles. The second-order valence-corrected chi connectivity index (χ2v) is 5.38. The molecule has 2 aromatic rings. The number of nitrogens with one attached hydrogen (secondary N) is 2. The van der Waals surface area contributed by atoms with Crippen LogP contribution in [0.25, 0.3) is 0 Å². The molecule has 8 heteroatoms. The molecule has 0 saturated heterocycles. The topological polar surface area (TPSA) is 87.3 Å². The Balaban J connectivity index is 2.08. The number of amides is 1. The van der Waals surface area contributed by atoms with Gasteiger partial charge in [-0.25, -0.2) is 0 Å². The molecule has 2 N–H and O–H groups in total. The van der Waals surface area contributed by atoms with Crippen molar-refractivity contribution in [3.63, 3.8) is 0 Å². The van der Waals surface area contributed by atoms with Gasteiger partial charge in [-0.2, -0.15) is 0 Å². The monoisotopic (exact) mass is 376 g/mol. The predicted molar refractivity (Wildman–Crippen MR) is 103 cm³/mol. The van der Waals surface area contributed by atoms with Crippen LogP contribution in [0.15, 0.2) is 30.3 Å². The van der Waals surface area contributed by atoms with Gasteiger partial charge in [0.05, 0.1) is 47.8 Å². The van der Waals surface area contributed by atoms with Crippen LogP contribution in [0.4, 0.5) is 11.4 Å². The summed E-state index contributed by atoms with van der Waals surface area (Å²) < 4.78 is 26.3. The smallest absolute Gasteiger partial charge is 0.243 e. The Bertz CT molecular complexity index is 769. The molecule has 146 valence electrons. The lowest BCUT2D eigenvalue weighted by atomic mass is 10.2. The maximum Gasteiger partial charge on any atom is 0.243 e. The van der Waals surface area contributed by atoms with Gasteiger partial charge in [0.25, 0.3) is 0 Å². The van der Waals surface area contributed by atoms with E-state index in [9.17, 15) is 4.79 Å². The average molecular weight is 376 g/mol. The van der Waals surface area contributed by atoms with E-state index in [4.69, 9.17) is 23.7 Å². The Labute approximate surface area is 158 Å². The molecule has 2 rings (SSSR count). The van der Waals surface area contributed by atoms with Crippen LogP contribution in [0.5, 0.6) is 28.7 Å². The first-order chi connectivity index (χ1) is 13.1. The van der Waals surface area contributed by atoms with Crippen LogP contribution in [-0.4, -0.2) is 48.0 Å². The third-order valence-electron chi connectivity index (χ3n) is 3.80. The van der Waals surface area contributed by atoms with Crippen molar-refractivity contribution in [3.8, 4) is 28.7 Å². The zero-order valence-electron chi connectivity index (χ0n) is 16.0. The minimum Gasteiger partial charge on any atom is -0.497 e. The minimum absolute atomic E-state index is 0.0410. The lowest BCUT2D eigenvalue weighted by Crippen LogP contribution is -2.22. The van der Waals surface area contributed by atoms with Crippen molar-refractivity contribution in [3.05, 3.63) is 30.3 Å². The van der Waals surface area contributed by atoms with Gasteiger partial charge in [-0.15, -0.1) is 0 Å². The first kappa shape index (κ1) is 20.0. The highest BCUT2D eigenvalue weighted by molar-refractivity contribution is 5.94. The fraction of sp³-hybridized carbons (Fsp3) is 0.316. The van der Waals surface area contributed by atoms with Crippen LogP contribution in [0.1, 0.15) is 0 Å². The Morgan fingerprint density at radius 2 is 1.44 bits per heavy atom. The number of methoxy groups -OCH3 is 5. The first-order valence-electron chi connectivity index (χ1n) is 8.12. The number of hydrogen-bond acceptors (Lipinski definition) is 7. The van der Waals surface area contributed by atoms with Gasteiger partial charge in [-0.3, -0.25) is 4.79 Å². The molecule has 27 heavy (non-hydrogen) atoms. The van der Waals surface area contributed by atoms with E-state index in [0.29, 0.717) is 40.1 Å². The molecular formula is C19H24N2O6. The zero-order chi connectivity index (χ0) is 19.8. The van der Waals surface area contributed by atoms with Crippen LogP contribution in [-0.2, 0) is 4.79 Å². The summed E-state index contributed by atoms with van der Waals surface area (Å²) in [6, 6.07) is 8.62. The van der Waals surface area contributed by atoms with Gasteiger partial charge in [-0.1, -0.05) is 0 Å². The molecule has 0 unspecified atom stereocenters. The summed E-state index contributed by atoms with van der Waals surface area (Å²) >= 11 is 0. The van der Waals surface area contributed by atoms with Crippen LogP contribution >= 0.6 is 0 Å². The van der Waals surface area contributed by atoms with Gasteiger partial charge in [0.2, 0.25) is 11.7 Å². The van der Waals surface area contributed by atoms with Gasteiger partial charge in [0.1, 0.15) is 11.5 Å². The summed E-state index contributed by atoms with van der Waals surface area (Å²) in [6.45, 7) is 0.0410. The highest BCUT2D eigenvalue weighted by Gasteiger charge is 2.15. The van der Waals surface area contributed by atoms with Crippen LogP contribution in [0, 0.1) is 0 Å². The third kappa shape index (κ3) is 4.87. The van der Waals surface area contributed by atoms with Crippen molar-refractivity contribution in [1.29, 1.82) is 0 Å². The van der Waals surface area contributed by atoms with E-state index in [1.54, 1.807) is 44.6 Å². The third-order valence-corrected chi connectivity index (χ3v) is 3.80. The fourth-order valence-electron chi connectivity index (χ4n) is 2.48. The number of benzene rings is 2. The van der Waals surface area contributed by atoms with E-state index in [2.05, 4.69) is 10.6 Å². The molecular weight excluding hydrogens is 352 g/mol. The number of carbonyl (C=O) groups is 1. The zero-order valence-corrected chi connectivity index (χ0v) is 16.0. The number of ether oxygens (including phenoxy) is 5. The second kappa shape index (κ2) is 9.42. The number of rotatable bonds is 9. The molecule has 0 aliphatic carbocycles. The normalized spacial score (nSPS) is 9.96. The maximum atomic E-state index is 12.3. The Morgan fingerprint density at radius 3 is 1.96 bits per heavy atom. The molecule has 0 saturated carbocycles. The molecule has 1 amide bonds. The lowest BCUT2D eigenvalue weighted by Gasteiger charge is -2.15.